The minimum absolute atomic E-state index is 0.0321. The van der Waals surface area contributed by atoms with Crippen LogP contribution in [0.5, 0.6) is 0 Å². The molecule has 1 N–H and O–H groups in total. The fraction of sp³-hybridized carbons (Fsp3) is 0.348. The summed E-state index contributed by atoms with van der Waals surface area (Å²) in [4.78, 5) is 37.2. The molecule has 2 aromatic carbocycles. The van der Waals surface area contributed by atoms with Crippen LogP contribution in [0.1, 0.15) is 22.8 Å². The number of anilines is 1. The molecule has 1 saturated heterocycles. The smallest absolute Gasteiger partial charge is 0.348 e. The summed E-state index contributed by atoms with van der Waals surface area (Å²) in [6.07, 6.45) is -2.21. The summed E-state index contributed by atoms with van der Waals surface area (Å²) < 4.78 is 42.6. The van der Waals surface area contributed by atoms with Gasteiger partial charge in [-0.1, -0.05) is 24.3 Å². The molecule has 0 saturated carbocycles. The second-order valence-electron chi connectivity index (χ2n) is 7.87. The number of morpholine rings is 1. The Kier molecular flexibility index (Phi) is 6.96. The molecular formula is C23H24N2O8S. The highest BCUT2D eigenvalue weighted by molar-refractivity contribution is 7.89. The van der Waals surface area contributed by atoms with Gasteiger partial charge in [-0.05, 0) is 36.8 Å². The highest BCUT2D eigenvalue weighted by Crippen LogP contribution is 2.23. The number of fused-ring (bicyclic) bond motifs is 1. The van der Waals surface area contributed by atoms with Crippen LogP contribution in [-0.2, 0) is 40.2 Å². The van der Waals surface area contributed by atoms with Gasteiger partial charge in [-0.2, -0.15) is 4.31 Å². The molecule has 180 valence electrons. The Hall–Kier alpha value is -3.28. The van der Waals surface area contributed by atoms with Crippen LogP contribution in [0.3, 0.4) is 0 Å². The predicted molar refractivity (Wildman–Crippen MR) is 120 cm³/mol. The molecule has 2 aliphatic rings. The van der Waals surface area contributed by atoms with E-state index in [0.717, 1.165) is 0 Å². The predicted octanol–water partition coefficient (Wildman–Crippen LogP) is 1.36. The van der Waals surface area contributed by atoms with Gasteiger partial charge < -0.3 is 19.5 Å². The van der Waals surface area contributed by atoms with Crippen molar-refractivity contribution in [2.45, 2.75) is 30.4 Å². The molecule has 2 aromatic rings. The standard InChI is InChI=1S/C23H24N2O8S/c1-15(32-23(28)20-13-16-5-2-3-8-19(16)22(27)33-20)21(26)24-17-6-4-7-18(14-17)34(29,30)25-9-11-31-12-10-25/h2-8,14-15,20H,9-13H2,1H3,(H,24,26). The van der Waals surface area contributed by atoms with Gasteiger partial charge in [-0.3, -0.25) is 4.79 Å². The average Bonchev–Trinajstić information content (AvgIpc) is 2.84. The van der Waals surface area contributed by atoms with Crippen molar-refractivity contribution in [2.75, 3.05) is 31.6 Å². The molecule has 0 bridgehead atoms. The normalized spacial score (nSPS) is 19.4. The summed E-state index contributed by atoms with van der Waals surface area (Å²) >= 11 is 0. The van der Waals surface area contributed by atoms with Crippen LogP contribution in [0.25, 0.3) is 0 Å². The zero-order valence-corrected chi connectivity index (χ0v) is 19.2. The molecule has 2 unspecified atom stereocenters. The van der Waals surface area contributed by atoms with Gasteiger partial charge in [0.1, 0.15) is 0 Å². The lowest BCUT2D eigenvalue weighted by Crippen LogP contribution is -2.40. The molecule has 0 aromatic heterocycles. The number of nitrogens with zero attached hydrogens (tertiary/aromatic N) is 1. The second-order valence-corrected chi connectivity index (χ2v) is 9.81. The summed E-state index contributed by atoms with van der Waals surface area (Å²) in [6.45, 7) is 2.52. The maximum absolute atomic E-state index is 12.8. The van der Waals surface area contributed by atoms with E-state index in [9.17, 15) is 22.8 Å². The Bertz CT molecular complexity index is 1210. The number of sulfonamides is 1. The van der Waals surface area contributed by atoms with Crippen molar-refractivity contribution >= 4 is 33.6 Å². The van der Waals surface area contributed by atoms with Crippen LogP contribution >= 0.6 is 0 Å². The van der Waals surface area contributed by atoms with E-state index in [4.69, 9.17) is 14.2 Å². The molecule has 1 fully saturated rings. The van der Waals surface area contributed by atoms with Crippen LogP contribution in [-0.4, -0.2) is 69.1 Å². The SMILES string of the molecule is CC(OC(=O)C1Cc2ccccc2C(=O)O1)C(=O)Nc1cccc(S(=O)(=O)N2CCOCC2)c1. The van der Waals surface area contributed by atoms with Gasteiger partial charge in [-0.25, -0.2) is 18.0 Å². The Morgan fingerprint density at radius 3 is 2.62 bits per heavy atom. The van der Waals surface area contributed by atoms with Gasteiger partial charge in [0.15, 0.2) is 6.10 Å². The average molecular weight is 489 g/mol. The molecule has 11 heteroatoms. The zero-order chi connectivity index (χ0) is 24.3. The number of cyclic esters (lactones) is 1. The number of carbonyl (C=O) groups is 3. The van der Waals surface area contributed by atoms with Crippen molar-refractivity contribution in [3.63, 3.8) is 0 Å². The van der Waals surface area contributed by atoms with E-state index < -0.39 is 40.1 Å². The third-order valence-electron chi connectivity index (χ3n) is 5.53. The van der Waals surface area contributed by atoms with Crippen LogP contribution in [0.4, 0.5) is 5.69 Å². The van der Waals surface area contributed by atoms with Crippen LogP contribution in [0.15, 0.2) is 53.4 Å². The minimum atomic E-state index is -3.74. The molecule has 10 nitrogen and oxygen atoms in total. The van der Waals surface area contributed by atoms with Crippen LogP contribution in [0.2, 0.25) is 0 Å². The molecular weight excluding hydrogens is 464 g/mol. The van der Waals surface area contributed by atoms with E-state index in [1.54, 1.807) is 24.3 Å². The molecule has 4 rings (SSSR count). The number of amides is 1. The first-order valence-corrected chi connectivity index (χ1v) is 12.2. The van der Waals surface area contributed by atoms with Crippen LogP contribution in [0, 0.1) is 0 Å². The lowest BCUT2D eigenvalue weighted by molar-refractivity contribution is -0.162. The summed E-state index contributed by atoms with van der Waals surface area (Å²) in [6, 6.07) is 12.6. The third kappa shape index (κ3) is 5.11. The summed E-state index contributed by atoms with van der Waals surface area (Å²) in [5, 5.41) is 2.56. The number of rotatable bonds is 6. The van der Waals surface area contributed by atoms with Gasteiger partial charge in [0.05, 0.1) is 23.7 Å². The zero-order valence-electron chi connectivity index (χ0n) is 18.4. The Morgan fingerprint density at radius 2 is 1.85 bits per heavy atom. The van der Waals surface area contributed by atoms with Crippen molar-refractivity contribution in [1.82, 2.24) is 4.31 Å². The Morgan fingerprint density at radius 1 is 1.12 bits per heavy atom. The molecule has 0 radical (unpaired) electrons. The number of carbonyl (C=O) groups excluding carboxylic acids is 3. The van der Waals surface area contributed by atoms with Gasteiger partial charge in [0.2, 0.25) is 16.1 Å². The number of hydrogen-bond acceptors (Lipinski definition) is 8. The third-order valence-corrected chi connectivity index (χ3v) is 7.42. The van der Waals surface area contributed by atoms with Gasteiger partial charge in [-0.15, -0.1) is 0 Å². The monoisotopic (exact) mass is 488 g/mol. The van der Waals surface area contributed by atoms with Crippen LogP contribution < -0.4 is 5.32 Å². The molecule has 2 atom stereocenters. The highest BCUT2D eigenvalue weighted by Gasteiger charge is 2.34. The van der Waals surface area contributed by atoms with E-state index in [0.29, 0.717) is 24.3 Å². The van der Waals surface area contributed by atoms with E-state index in [1.807, 2.05) is 0 Å². The number of ether oxygens (including phenoxy) is 3. The van der Waals surface area contributed by atoms with Crippen molar-refractivity contribution in [3.8, 4) is 0 Å². The summed E-state index contributed by atoms with van der Waals surface area (Å²) in [7, 11) is -3.74. The van der Waals surface area contributed by atoms with Gasteiger partial charge in [0, 0.05) is 25.2 Å². The fourth-order valence-corrected chi connectivity index (χ4v) is 5.14. The Labute approximate surface area is 196 Å². The van der Waals surface area contributed by atoms with Gasteiger partial charge >= 0.3 is 11.9 Å². The van der Waals surface area contributed by atoms with Crippen molar-refractivity contribution in [3.05, 3.63) is 59.7 Å². The van der Waals surface area contributed by atoms with Crippen molar-refractivity contribution in [1.29, 1.82) is 0 Å². The van der Waals surface area contributed by atoms with Gasteiger partial charge in [0.25, 0.3) is 5.91 Å². The molecule has 2 aliphatic heterocycles. The number of nitrogens with one attached hydrogen (secondary N) is 1. The first-order chi connectivity index (χ1) is 16.3. The fourth-order valence-electron chi connectivity index (χ4n) is 3.68. The molecule has 2 heterocycles. The van der Waals surface area contributed by atoms with E-state index in [1.165, 1.54) is 35.5 Å². The molecule has 0 spiro atoms. The number of benzene rings is 2. The molecule has 1 amide bonds. The lowest BCUT2D eigenvalue weighted by Gasteiger charge is -2.26. The Balaban J connectivity index is 1.38. The largest absolute Gasteiger partial charge is 0.450 e. The second kappa shape index (κ2) is 9.92. The lowest BCUT2D eigenvalue weighted by atomic mass is 9.99. The number of esters is 2. The van der Waals surface area contributed by atoms with E-state index in [-0.39, 0.29) is 30.1 Å². The first kappa shape index (κ1) is 23.9. The first-order valence-electron chi connectivity index (χ1n) is 10.7. The minimum Gasteiger partial charge on any atom is -0.450 e. The molecule has 0 aliphatic carbocycles. The van der Waals surface area contributed by atoms with E-state index in [2.05, 4.69) is 5.32 Å². The summed E-state index contributed by atoms with van der Waals surface area (Å²) in [5.74, 6) is -2.12. The summed E-state index contributed by atoms with van der Waals surface area (Å²) in [5.41, 5.74) is 1.29. The topological polar surface area (TPSA) is 128 Å². The van der Waals surface area contributed by atoms with Crippen molar-refractivity contribution < 1.29 is 37.0 Å². The van der Waals surface area contributed by atoms with E-state index >= 15 is 0 Å². The number of hydrogen-bond donors (Lipinski definition) is 1. The highest BCUT2D eigenvalue weighted by atomic mass is 32.2. The van der Waals surface area contributed by atoms with Crippen molar-refractivity contribution in [2.24, 2.45) is 0 Å². The molecule has 34 heavy (non-hydrogen) atoms. The quantitative estimate of drug-likeness (QED) is 0.604. The maximum Gasteiger partial charge on any atom is 0.348 e. The maximum atomic E-state index is 12.8.